The Hall–Kier alpha value is -0.910. The van der Waals surface area contributed by atoms with Crippen molar-refractivity contribution in [3.63, 3.8) is 0 Å². The van der Waals surface area contributed by atoms with Gasteiger partial charge in [0.05, 0.1) is 18.4 Å². The van der Waals surface area contributed by atoms with Crippen molar-refractivity contribution in [3.8, 4) is 0 Å². The molecule has 1 aliphatic rings. The summed E-state index contributed by atoms with van der Waals surface area (Å²) in [6.07, 6.45) is 2.17. The number of hydrogen-bond acceptors (Lipinski definition) is 3. The first-order valence-electron chi connectivity index (χ1n) is 6.28. The second kappa shape index (κ2) is 5.82. The van der Waals surface area contributed by atoms with Gasteiger partial charge in [0, 0.05) is 6.54 Å². The van der Waals surface area contributed by atoms with Crippen LogP contribution in [0.2, 0.25) is 0 Å². The Labute approximate surface area is 108 Å². The van der Waals surface area contributed by atoms with E-state index in [4.69, 9.17) is 0 Å². The second-order valence-corrected chi connectivity index (χ2v) is 6.70. The SMILES string of the molecule is O=S1(=O)CCCCN1[C@H](CO)Cc1ccccc1. The van der Waals surface area contributed by atoms with Crippen LogP contribution in [0, 0.1) is 0 Å². The lowest BCUT2D eigenvalue weighted by atomic mass is 10.1. The van der Waals surface area contributed by atoms with E-state index in [0.717, 1.165) is 18.4 Å². The van der Waals surface area contributed by atoms with Gasteiger partial charge in [0.2, 0.25) is 10.0 Å². The first kappa shape index (κ1) is 13.5. The summed E-state index contributed by atoms with van der Waals surface area (Å²) in [5, 5.41) is 9.47. The lowest BCUT2D eigenvalue weighted by Crippen LogP contribution is -2.47. The maximum atomic E-state index is 12.0. The van der Waals surface area contributed by atoms with Crippen LogP contribution >= 0.6 is 0 Å². The monoisotopic (exact) mass is 269 g/mol. The molecule has 5 heteroatoms. The average molecular weight is 269 g/mol. The summed E-state index contributed by atoms with van der Waals surface area (Å²) in [6.45, 7) is 0.397. The predicted octanol–water partition coefficient (Wildman–Crippen LogP) is 1.02. The van der Waals surface area contributed by atoms with E-state index in [1.807, 2.05) is 30.3 Å². The summed E-state index contributed by atoms with van der Waals surface area (Å²) in [7, 11) is -3.18. The molecule has 2 rings (SSSR count). The summed E-state index contributed by atoms with van der Waals surface area (Å²) < 4.78 is 25.4. The molecular formula is C13H19NO3S. The largest absolute Gasteiger partial charge is 0.395 e. The molecule has 0 aromatic heterocycles. The molecule has 0 unspecified atom stereocenters. The summed E-state index contributed by atoms with van der Waals surface area (Å²) in [5.41, 5.74) is 1.05. The highest BCUT2D eigenvalue weighted by Crippen LogP contribution is 2.19. The van der Waals surface area contributed by atoms with Gasteiger partial charge in [-0.05, 0) is 24.8 Å². The molecule has 1 atom stereocenters. The van der Waals surface area contributed by atoms with Gasteiger partial charge >= 0.3 is 0 Å². The third-order valence-electron chi connectivity index (χ3n) is 3.32. The molecule has 1 aromatic carbocycles. The number of benzene rings is 1. The number of nitrogens with zero attached hydrogens (tertiary/aromatic N) is 1. The Balaban J connectivity index is 2.13. The Kier molecular flexibility index (Phi) is 4.37. The van der Waals surface area contributed by atoms with E-state index >= 15 is 0 Å². The van der Waals surface area contributed by atoms with Gasteiger partial charge in [-0.25, -0.2) is 8.42 Å². The molecule has 0 aliphatic carbocycles. The van der Waals surface area contributed by atoms with E-state index in [9.17, 15) is 13.5 Å². The highest BCUT2D eigenvalue weighted by Gasteiger charge is 2.31. The van der Waals surface area contributed by atoms with Gasteiger partial charge in [-0.15, -0.1) is 0 Å². The van der Waals surface area contributed by atoms with Crippen LogP contribution in [-0.4, -0.2) is 42.8 Å². The first-order valence-corrected chi connectivity index (χ1v) is 7.89. The molecule has 1 aliphatic heterocycles. The van der Waals surface area contributed by atoms with Crippen molar-refractivity contribution in [2.24, 2.45) is 0 Å². The lowest BCUT2D eigenvalue weighted by molar-refractivity contribution is 0.180. The number of sulfonamides is 1. The molecule has 0 bridgehead atoms. The Bertz CT molecular complexity index is 472. The topological polar surface area (TPSA) is 57.6 Å². The Morgan fingerprint density at radius 2 is 1.94 bits per heavy atom. The summed E-state index contributed by atoms with van der Waals surface area (Å²) >= 11 is 0. The van der Waals surface area contributed by atoms with Crippen molar-refractivity contribution in [2.75, 3.05) is 18.9 Å². The number of rotatable bonds is 4. The van der Waals surface area contributed by atoms with Crippen LogP contribution in [0.3, 0.4) is 0 Å². The Morgan fingerprint density at radius 1 is 1.22 bits per heavy atom. The van der Waals surface area contributed by atoms with E-state index in [1.165, 1.54) is 4.31 Å². The molecule has 1 heterocycles. The molecule has 1 saturated heterocycles. The van der Waals surface area contributed by atoms with E-state index in [-0.39, 0.29) is 18.4 Å². The summed E-state index contributed by atoms with van der Waals surface area (Å²) in [6, 6.07) is 9.36. The zero-order valence-electron chi connectivity index (χ0n) is 10.3. The van der Waals surface area contributed by atoms with Crippen molar-refractivity contribution in [3.05, 3.63) is 35.9 Å². The van der Waals surface area contributed by atoms with Gasteiger partial charge in [0.1, 0.15) is 0 Å². The third-order valence-corrected chi connectivity index (χ3v) is 5.32. The summed E-state index contributed by atoms with van der Waals surface area (Å²) in [4.78, 5) is 0. The van der Waals surface area contributed by atoms with Crippen molar-refractivity contribution in [1.82, 2.24) is 4.31 Å². The molecule has 0 radical (unpaired) electrons. The minimum absolute atomic E-state index is 0.131. The zero-order chi connectivity index (χ0) is 13.0. The number of aliphatic hydroxyl groups is 1. The fraction of sp³-hybridized carbons (Fsp3) is 0.538. The minimum Gasteiger partial charge on any atom is -0.395 e. The molecule has 1 N–H and O–H groups in total. The lowest BCUT2D eigenvalue weighted by Gasteiger charge is -2.32. The van der Waals surface area contributed by atoms with Gasteiger partial charge in [-0.3, -0.25) is 0 Å². The molecule has 1 aromatic rings. The van der Waals surface area contributed by atoms with Crippen LogP contribution in [-0.2, 0) is 16.4 Å². The first-order chi connectivity index (χ1) is 8.63. The fourth-order valence-electron chi connectivity index (χ4n) is 2.36. The van der Waals surface area contributed by atoms with Crippen LogP contribution in [0.15, 0.2) is 30.3 Å². The molecule has 4 nitrogen and oxygen atoms in total. The third kappa shape index (κ3) is 3.10. The van der Waals surface area contributed by atoms with Crippen molar-refractivity contribution in [2.45, 2.75) is 25.3 Å². The highest BCUT2D eigenvalue weighted by molar-refractivity contribution is 7.89. The van der Waals surface area contributed by atoms with Crippen molar-refractivity contribution >= 4 is 10.0 Å². The smallest absolute Gasteiger partial charge is 0.214 e. The van der Waals surface area contributed by atoms with Crippen LogP contribution in [0.4, 0.5) is 0 Å². The zero-order valence-corrected chi connectivity index (χ0v) is 11.1. The fourth-order valence-corrected chi connectivity index (χ4v) is 4.17. The van der Waals surface area contributed by atoms with E-state index < -0.39 is 10.0 Å². The standard InChI is InChI=1S/C13H19NO3S/c15-11-13(10-12-6-2-1-3-7-12)14-8-4-5-9-18(14,16)17/h1-3,6-7,13,15H,4-5,8-11H2/t13-/m0/s1. The van der Waals surface area contributed by atoms with Gasteiger partial charge in [0.25, 0.3) is 0 Å². The van der Waals surface area contributed by atoms with Crippen LogP contribution in [0.25, 0.3) is 0 Å². The van der Waals surface area contributed by atoms with Crippen molar-refractivity contribution in [1.29, 1.82) is 0 Å². The number of hydrogen-bond donors (Lipinski definition) is 1. The molecule has 0 saturated carbocycles. The Morgan fingerprint density at radius 3 is 2.56 bits per heavy atom. The van der Waals surface area contributed by atoms with Crippen molar-refractivity contribution < 1.29 is 13.5 Å². The average Bonchev–Trinajstić information content (AvgIpc) is 2.37. The molecule has 18 heavy (non-hydrogen) atoms. The van der Waals surface area contributed by atoms with Gasteiger partial charge in [-0.2, -0.15) is 4.31 Å². The van der Waals surface area contributed by atoms with Gasteiger partial charge in [-0.1, -0.05) is 30.3 Å². The minimum atomic E-state index is -3.18. The molecule has 1 fully saturated rings. The molecule has 100 valence electrons. The van der Waals surface area contributed by atoms with Crippen LogP contribution in [0.1, 0.15) is 18.4 Å². The van der Waals surface area contributed by atoms with E-state index in [0.29, 0.717) is 13.0 Å². The van der Waals surface area contributed by atoms with E-state index in [2.05, 4.69) is 0 Å². The highest BCUT2D eigenvalue weighted by atomic mass is 32.2. The van der Waals surface area contributed by atoms with Gasteiger partial charge in [0.15, 0.2) is 0 Å². The second-order valence-electron chi connectivity index (χ2n) is 4.66. The normalized spacial score (nSPS) is 21.6. The molecule has 0 spiro atoms. The maximum absolute atomic E-state index is 12.0. The quantitative estimate of drug-likeness (QED) is 0.887. The maximum Gasteiger partial charge on any atom is 0.214 e. The van der Waals surface area contributed by atoms with Crippen LogP contribution in [0.5, 0.6) is 0 Å². The predicted molar refractivity (Wildman–Crippen MR) is 70.7 cm³/mol. The molecule has 0 amide bonds. The number of aliphatic hydroxyl groups excluding tert-OH is 1. The molecular weight excluding hydrogens is 250 g/mol. The summed E-state index contributed by atoms with van der Waals surface area (Å²) in [5.74, 6) is 0.207. The van der Waals surface area contributed by atoms with Crippen LogP contribution < -0.4 is 0 Å². The van der Waals surface area contributed by atoms with Gasteiger partial charge < -0.3 is 5.11 Å². The van der Waals surface area contributed by atoms with E-state index in [1.54, 1.807) is 0 Å².